The predicted molar refractivity (Wildman–Crippen MR) is 144 cm³/mol. The second kappa shape index (κ2) is 12.0. The largest absolute Gasteiger partial charge is 0.494 e. The summed E-state index contributed by atoms with van der Waals surface area (Å²) < 4.78 is 38.1. The Kier molecular flexibility index (Phi) is 8.72. The van der Waals surface area contributed by atoms with Gasteiger partial charge in [0, 0.05) is 28.5 Å². The van der Waals surface area contributed by atoms with E-state index in [-0.39, 0.29) is 12.3 Å². The van der Waals surface area contributed by atoms with E-state index in [1.54, 1.807) is 0 Å². The highest BCUT2D eigenvalue weighted by Gasteiger charge is 2.23. The second-order valence-corrected chi connectivity index (χ2v) is 11.1. The van der Waals surface area contributed by atoms with Gasteiger partial charge in [-0.15, -0.1) is 0 Å². The monoisotopic (exact) mass is 560 g/mol. The summed E-state index contributed by atoms with van der Waals surface area (Å²) in [5.41, 5.74) is 3.81. The lowest BCUT2D eigenvalue weighted by Gasteiger charge is -2.15. The van der Waals surface area contributed by atoms with Crippen molar-refractivity contribution in [3.05, 3.63) is 81.8 Å². The van der Waals surface area contributed by atoms with Gasteiger partial charge >= 0.3 is 0 Å². The summed E-state index contributed by atoms with van der Waals surface area (Å²) in [5.74, 6) is -0.315. The van der Waals surface area contributed by atoms with Crippen LogP contribution in [-0.2, 0) is 16.4 Å². The lowest BCUT2D eigenvalue weighted by atomic mass is 10.0. The summed E-state index contributed by atoms with van der Waals surface area (Å²) >= 11 is 6.23. The zero-order valence-corrected chi connectivity index (χ0v) is 22.5. The van der Waals surface area contributed by atoms with Crippen LogP contribution in [0, 0.1) is 13.8 Å². The van der Waals surface area contributed by atoms with E-state index in [1.165, 1.54) is 12.3 Å². The average molecular weight is 561 g/mol. The molecule has 0 radical (unpaired) electrons. The molecule has 0 aliphatic carbocycles. The molecule has 1 unspecified atom stereocenters. The van der Waals surface area contributed by atoms with Crippen molar-refractivity contribution in [2.75, 3.05) is 18.9 Å². The Bertz CT molecular complexity index is 1500. The number of carbonyl (C=O) groups excluding carboxylic acids is 1. The van der Waals surface area contributed by atoms with Gasteiger partial charge in [0.25, 0.3) is 5.91 Å². The van der Waals surface area contributed by atoms with E-state index in [1.807, 2.05) is 50.2 Å². The highest BCUT2D eigenvalue weighted by molar-refractivity contribution is 7.89. The summed E-state index contributed by atoms with van der Waals surface area (Å²) in [4.78, 5) is 15.1. The van der Waals surface area contributed by atoms with Crippen LogP contribution in [0.25, 0.3) is 10.9 Å². The first-order valence-electron chi connectivity index (χ1n) is 12.0. The number of sulfonamides is 1. The van der Waals surface area contributed by atoms with Crippen molar-refractivity contribution < 1.29 is 27.6 Å². The molecule has 1 amide bonds. The molecular formula is C26H29ClN4O6S. The average Bonchev–Trinajstić information content (AvgIpc) is 3.53. The van der Waals surface area contributed by atoms with Crippen LogP contribution < -0.4 is 14.8 Å². The van der Waals surface area contributed by atoms with E-state index in [0.717, 1.165) is 38.4 Å². The quantitative estimate of drug-likeness (QED) is 0.152. The van der Waals surface area contributed by atoms with Gasteiger partial charge in [-0.05, 0) is 61.6 Å². The normalized spacial score (nSPS) is 12.5. The number of halogens is 1. The summed E-state index contributed by atoms with van der Waals surface area (Å²) in [6.45, 7) is 4.09. The molecule has 4 rings (SSSR count). The number of ether oxygens (including phenoxy) is 1. The molecule has 2 aromatic carbocycles. The van der Waals surface area contributed by atoms with Crippen LogP contribution in [0.15, 0.2) is 53.2 Å². The Morgan fingerprint density at radius 3 is 2.66 bits per heavy atom. The zero-order chi connectivity index (χ0) is 27.3. The summed E-state index contributed by atoms with van der Waals surface area (Å²) in [5, 5.41) is 18.3. The zero-order valence-electron chi connectivity index (χ0n) is 21.0. The molecule has 0 saturated carbocycles. The van der Waals surface area contributed by atoms with E-state index >= 15 is 0 Å². The fraction of sp³-hybridized carbons (Fsp3) is 0.308. The van der Waals surface area contributed by atoms with Crippen molar-refractivity contribution in [1.29, 1.82) is 0 Å². The van der Waals surface area contributed by atoms with Crippen LogP contribution >= 0.6 is 11.6 Å². The maximum atomic E-state index is 12.6. The van der Waals surface area contributed by atoms with E-state index < -0.39 is 27.9 Å². The number of benzene rings is 2. The van der Waals surface area contributed by atoms with Gasteiger partial charge in [0.15, 0.2) is 6.23 Å². The number of fused-ring (bicyclic) bond motifs is 1. The first kappa shape index (κ1) is 27.6. The molecule has 202 valence electrons. The van der Waals surface area contributed by atoms with Gasteiger partial charge in [-0.3, -0.25) is 4.79 Å². The molecule has 2 aromatic heterocycles. The number of amides is 1. The lowest BCUT2D eigenvalue weighted by molar-refractivity contribution is 0.0919. The molecular weight excluding hydrogens is 532 g/mol. The third-order valence-corrected chi connectivity index (χ3v) is 7.90. The third kappa shape index (κ3) is 6.73. The topological polar surface area (TPSA) is 147 Å². The first-order chi connectivity index (χ1) is 18.1. The maximum absolute atomic E-state index is 12.6. The number of para-hydroxylation sites is 1. The Labute approximate surface area is 225 Å². The number of aromatic amines is 1. The SMILES string of the molecule is Cc1cc(OCCCc2c(C(O)NS(=O)(=O)CCNC(=O)c3ccno3)[nH]c3ccccc23)cc(C)c1Cl. The standard InChI is InChI=1S/C26H29ClN4O6S/c1-16-14-18(15-17(2)23(16)27)36-12-5-7-20-19-6-3-4-8-21(19)30-24(20)26(33)31-38(34,35)13-11-28-25(32)22-9-10-29-37-22/h3-4,6,8-10,14-15,26,30-31,33H,5,7,11-13H2,1-2H3,(H,28,32). The summed E-state index contributed by atoms with van der Waals surface area (Å²) in [7, 11) is -3.94. The smallest absolute Gasteiger partial charge is 0.289 e. The number of aliphatic hydroxyl groups excluding tert-OH is 1. The Hall–Kier alpha value is -3.38. The summed E-state index contributed by atoms with van der Waals surface area (Å²) in [6.07, 6.45) is 0.974. The highest BCUT2D eigenvalue weighted by Crippen LogP contribution is 2.29. The summed E-state index contributed by atoms with van der Waals surface area (Å²) in [6, 6.07) is 12.7. The number of aliphatic hydroxyl groups is 1. The van der Waals surface area contributed by atoms with Gasteiger partial charge in [0.1, 0.15) is 5.75 Å². The van der Waals surface area contributed by atoms with Crippen LogP contribution in [0.4, 0.5) is 0 Å². The van der Waals surface area contributed by atoms with E-state index in [0.29, 0.717) is 25.1 Å². The number of nitrogens with zero attached hydrogens (tertiary/aromatic N) is 1. The molecule has 0 aliphatic heterocycles. The van der Waals surface area contributed by atoms with Gasteiger partial charge in [-0.25, -0.2) is 8.42 Å². The lowest BCUT2D eigenvalue weighted by Crippen LogP contribution is -2.36. The minimum atomic E-state index is -3.94. The minimum absolute atomic E-state index is 0.0246. The van der Waals surface area contributed by atoms with Crippen LogP contribution in [0.1, 0.15) is 45.6 Å². The number of aromatic nitrogens is 2. The maximum Gasteiger partial charge on any atom is 0.289 e. The second-order valence-electron chi connectivity index (χ2n) is 8.86. The van der Waals surface area contributed by atoms with Crippen LogP contribution in [0.5, 0.6) is 5.75 Å². The molecule has 0 bridgehead atoms. The Morgan fingerprint density at radius 2 is 1.95 bits per heavy atom. The number of nitrogens with one attached hydrogen (secondary N) is 3. The molecule has 1 atom stereocenters. The van der Waals surface area contributed by atoms with Crippen LogP contribution in [0.2, 0.25) is 5.02 Å². The van der Waals surface area contributed by atoms with Crippen LogP contribution in [-0.4, -0.2) is 48.5 Å². The molecule has 2 heterocycles. The molecule has 0 aliphatic rings. The molecule has 10 nitrogen and oxygen atoms in total. The highest BCUT2D eigenvalue weighted by atomic mass is 35.5. The van der Waals surface area contributed by atoms with Gasteiger partial charge in [0.05, 0.1) is 24.3 Å². The fourth-order valence-electron chi connectivity index (χ4n) is 4.16. The van der Waals surface area contributed by atoms with E-state index in [9.17, 15) is 18.3 Å². The number of aryl methyl sites for hydroxylation is 3. The molecule has 38 heavy (non-hydrogen) atoms. The number of hydrogen-bond donors (Lipinski definition) is 4. The number of carbonyl (C=O) groups is 1. The van der Waals surface area contributed by atoms with Crippen molar-refractivity contribution >= 4 is 38.4 Å². The number of H-pyrrole nitrogens is 1. The van der Waals surface area contributed by atoms with E-state index in [2.05, 4.69) is 20.2 Å². The Balaban J connectivity index is 1.39. The van der Waals surface area contributed by atoms with Gasteiger partial charge < -0.3 is 24.7 Å². The molecule has 0 spiro atoms. The molecule has 0 fully saturated rings. The number of rotatable bonds is 12. The van der Waals surface area contributed by atoms with Crippen LogP contribution in [0.3, 0.4) is 0 Å². The fourth-order valence-corrected chi connectivity index (χ4v) is 5.21. The predicted octanol–water partition coefficient (Wildman–Crippen LogP) is 3.78. The van der Waals surface area contributed by atoms with Crippen molar-refractivity contribution in [1.82, 2.24) is 20.2 Å². The number of hydrogen-bond acceptors (Lipinski definition) is 7. The molecule has 4 aromatic rings. The molecule has 12 heteroatoms. The van der Waals surface area contributed by atoms with Crippen molar-refractivity contribution in [3.63, 3.8) is 0 Å². The first-order valence-corrected chi connectivity index (χ1v) is 14.0. The van der Waals surface area contributed by atoms with Gasteiger partial charge in [0.2, 0.25) is 15.8 Å². The Morgan fingerprint density at radius 1 is 1.21 bits per heavy atom. The van der Waals surface area contributed by atoms with Crippen molar-refractivity contribution in [3.8, 4) is 5.75 Å². The van der Waals surface area contributed by atoms with Gasteiger partial charge in [-0.1, -0.05) is 35.0 Å². The third-order valence-electron chi connectivity index (χ3n) is 5.98. The van der Waals surface area contributed by atoms with Crippen molar-refractivity contribution in [2.24, 2.45) is 0 Å². The van der Waals surface area contributed by atoms with E-state index in [4.69, 9.17) is 20.9 Å². The molecule has 0 saturated heterocycles. The van der Waals surface area contributed by atoms with Gasteiger partial charge in [-0.2, -0.15) is 4.72 Å². The van der Waals surface area contributed by atoms with Crippen molar-refractivity contribution in [2.45, 2.75) is 32.9 Å². The molecule has 4 N–H and O–H groups in total. The minimum Gasteiger partial charge on any atom is -0.494 e.